The van der Waals surface area contributed by atoms with Crippen molar-refractivity contribution < 1.29 is 24.2 Å². The van der Waals surface area contributed by atoms with E-state index in [9.17, 15) is 14.9 Å². The number of anilines is 2. The number of nitrogens with zero attached hydrogens (tertiary/aromatic N) is 2. The van der Waals surface area contributed by atoms with Gasteiger partial charge in [-0.2, -0.15) is 5.26 Å². The van der Waals surface area contributed by atoms with Crippen LogP contribution in [0.3, 0.4) is 0 Å². The van der Waals surface area contributed by atoms with Crippen molar-refractivity contribution in [1.82, 2.24) is 0 Å². The van der Waals surface area contributed by atoms with Crippen LogP contribution in [0.2, 0.25) is 0 Å². The number of carboxylic acids is 1. The van der Waals surface area contributed by atoms with Gasteiger partial charge in [-0.15, -0.1) is 0 Å². The number of rotatable bonds is 7. The lowest BCUT2D eigenvalue weighted by molar-refractivity contribution is -0.139. The van der Waals surface area contributed by atoms with Crippen molar-refractivity contribution in [2.75, 3.05) is 43.1 Å². The number of para-hydroxylation sites is 1. The zero-order valence-electron chi connectivity index (χ0n) is 16.2. The largest absolute Gasteiger partial charge is 0.481 e. The zero-order chi connectivity index (χ0) is 21.3. The molecule has 0 unspecified atom stereocenters. The number of hydrogen-bond acceptors (Lipinski definition) is 6. The third-order valence-corrected chi connectivity index (χ3v) is 4.44. The van der Waals surface area contributed by atoms with Gasteiger partial charge in [0.25, 0.3) is 5.91 Å². The lowest BCUT2D eigenvalue weighted by Crippen LogP contribution is -2.36. The van der Waals surface area contributed by atoms with E-state index in [0.717, 1.165) is 18.8 Å². The van der Waals surface area contributed by atoms with Crippen LogP contribution in [0.25, 0.3) is 6.08 Å². The number of hydrogen-bond donors (Lipinski definition) is 2. The number of carbonyl (C=O) groups excluding carboxylic acids is 1. The Labute approximate surface area is 173 Å². The van der Waals surface area contributed by atoms with Crippen LogP contribution in [-0.2, 0) is 14.3 Å². The highest BCUT2D eigenvalue weighted by atomic mass is 16.5. The molecule has 0 aliphatic carbocycles. The van der Waals surface area contributed by atoms with Gasteiger partial charge < -0.3 is 24.8 Å². The summed E-state index contributed by atoms with van der Waals surface area (Å²) in [6, 6.07) is 15.9. The Morgan fingerprint density at radius 3 is 2.53 bits per heavy atom. The Kier molecular flexibility index (Phi) is 7.03. The third kappa shape index (κ3) is 5.59. The van der Waals surface area contributed by atoms with Crippen molar-refractivity contribution in [2.24, 2.45) is 0 Å². The minimum atomic E-state index is -1.12. The number of nitrogens with one attached hydrogen (secondary N) is 1. The number of nitriles is 1. The summed E-state index contributed by atoms with van der Waals surface area (Å²) in [6.45, 7) is 2.49. The van der Waals surface area contributed by atoms with E-state index in [0.29, 0.717) is 24.5 Å². The minimum absolute atomic E-state index is 0.126. The lowest BCUT2D eigenvalue weighted by atomic mass is 10.1. The summed E-state index contributed by atoms with van der Waals surface area (Å²) in [7, 11) is 0. The zero-order valence-corrected chi connectivity index (χ0v) is 16.2. The Morgan fingerprint density at radius 2 is 1.87 bits per heavy atom. The monoisotopic (exact) mass is 407 g/mol. The summed E-state index contributed by atoms with van der Waals surface area (Å²) in [5.41, 5.74) is 1.91. The van der Waals surface area contributed by atoms with Gasteiger partial charge in [-0.25, -0.2) is 4.79 Å². The van der Waals surface area contributed by atoms with E-state index in [1.807, 2.05) is 18.2 Å². The van der Waals surface area contributed by atoms with Crippen molar-refractivity contribution in [3.8, 4) is 11.8 Å². The Morgan fingerprint density at radius 1 is 1.17 bits per heavy atom. The van der Waals surface area contributed by atoms with Crippen LogP contribution in [0.4, 0.5) is 11.4 Å². The number of carbonyl (C=O) groups is 2. The maximum atomic E-state index is 12.5. The summed E-state index contributed by atoms with van der Waals surface area (Å²) < 4.78 is 10.6. The van der Waals surface area contributed by atoms with Crippen LogP contribution in [-0.4, -0.2) is 49.9 Å². The fraction of sp³-hybridized carbons (Fsp3) is 0.227. The molecular formula is C22H21N3O5. The van der Waals surface area contributed by atoms with Gasteiger partial charge >= 0.3 is 5.97 Å². The Bertz CT molecular complexity index is 973. The van der Waals surface area contributed by atoms with E-state index in [1.165, 1.54) is 6.08 Å². The van der Waals surface area contributed by atoms with Gasteiger partial charge in [0.05, 0.1) is 13.2 Å². The SMILES string of the molecule is N#C/C(=C/c1ccccc1OCC(=O)O)C(=O)Nc1ccc(N2CCOCC2)cc1. The molecule has 1 aliphatic rings. The molecule has 3 rings (SSSR count). The molecule has 1 aliphatic heterocycles. The molecule has 0 spiro atoms. The Balaban J connectivity index is 1.71. The molecule has 1 fully saturated rings. The average Bonchev–Trinajstić information content (AvgIpc) is 2.77. The van der Waals surface area contributed by atoms with Crippen molar-refractivity contribution in [1.29, 1.82) is 5.26 Å². The van der Waals surface area contributed by atoms with E-state index in [1.54, 1.807) is 36.4 Å². The average molecular weight is 407 g/mol. The first-order valence-electron chi connectivity index (χ1n) is 9.36. The smallest absolute Gasteiger partial charge is 0.341 e. The number of ether oxygens (including phenoxy) is 2. The first-order valence-corrected chi connectivity index (χ1v) is 9.36. The van der Waals surface area contributed by atoms with Crippen LogP contribution in [0.15, 0.2) is 54.1 Å². The highest BCUT2D eigenvalue weighted by molar-refractivity contribution is 6.09. The molecule has 1 saturated heterocycles. The molecule has 0 atom stereocenters. The predicted octanol–water partition coefficient (Wildman–Crippen LogP) is 2.53. The van der Waals surface area contributed by atoms with Crippen molar-refractivity contribution in [2.45, 2.75) is 0 Å². The van der Waals surface area contributed by atoms with E-state index in [4.69, 9.17) is 14.6 Å². The van der Waals surface area contributed by atoms with E-state index in [-0.39, 0.29) is 11.3 Å². The van der Waals surface area contributed by atoms with E-state index >= 15 is 0 Å². The first kappa shape index (κ1) is 20.9. The molecule has 154 valence electrons. The molecule has 8 nitrogen and oxygen atoms in total. The quantitative estimate of drug-likeness (QED) is 0.536. The van der Waals surface area contributed by atoms with Crippen LogP contribution in [0.5, 0.6) is 5.75 Å². The van der Waals surface area contributed by atoms with Crippen LogP contribution >= 0.6 is 0 Å². The second-order valence-electron chi connectivity index (χ2n) is 6.49. The standard InChI is InChI=1S/C22H21N3O5/c23-14-17(13-16-3-1-2-4-20(16)30-15-21(26)27)22(28)24-18-5-7-19(8-6-18)25-9-11-29-12-10-25/h1-8,13H,9-12,15H2,(H,24,28)(H,26,27)/b17-13-. The van der Waals surface area contributed by atoms with Gasteiger partial charge in [0.15, 0.2) is 6.61 Å². The maximum absolute atomic E-state index is 12.5. The van der Waals surface area contributed by atoms with Crippen LogP contribution in [0.1, 0.15) is 5.56 Å². The summed E-state index contributed by atoms with van der Waals surface area (Å²) in [6.07, 6.45) is 1.37. The molecule has 0 bridgehead atoms. The first-order chi connectivity index (χ1) is 14.6. The van der Waals surface area contributed by atoms with Crippen LogP contribution in [0, 0.1) is 11.3 Å². The number of carboxylic acid groups (broad SMARTS) is 1. The molecule has 2 aromatic carbocycles. The number of aliphatic carboxylic acids is 1. The molecule has 8 heteroatoms. The summed E-state index contributed by atoms with van der Waals surface area (Å²) in [5.74, 6) is -1.41. The summed E-state index contributed by atoms with van der Waals surface area (Å²) in [5, 5.41) is 20.9. The number of amides is 1. The molecule has 0 aromatic heterocycles. The van der Waals surface area contributed by atoms with Gasteiger partial charge in [0, 0.05) is 30.0 Å². The van der Waals surface area contributed by atoms with Gasteiger partial charge in [0.1, 0.15) is 17.4 Å². The van der Waals surface area contributed by atoms with Gasteiger partial charge in [-0.3, -0.25) is 4.79 Å². The number of morpholine rings is 1. The highest BCUT2D eigenvalue weighted by Crippen LogP contribution is 2.22. The van der Waals surface area contributed by atoms with Gasteiger partial charge in [0.2, 0.25) is 0 Å². The fourth-order valence-electron chi connectivity index (χ4n) is 2.95. The van der Waals surface area contributed by atoms with Crippen molar-refractivity contribution in [3.63, 3.8) is 0 Å². The number of benzene rings is 2. The second-order valence-corrected chi connectivity index (χ2v) is 6.49. The Hall–Kier alpha value is -3.83. The predicted molar refractivity (Wildman–Crippen MR) is 111 cm³/mol. The van der Waals surface area contributed by atoms with E-state index in [2.05, 4.69) is 10.2 Å². The molecule has 0 saturated carbocycles. The molecule has 0 radical (unpaired) electrons. The lowest BCUT2D eigenvalue weighted by Gasteiger charge is -2.28. The summed E-state index contributed by atoms with van der Waals surface area (Å²) >= 11 is 0. The fourth-order valence-corrected chi connectivity index (χ4v) is 2.95. The highest BCUT2D eigenvalue weighted by Gasteiger charge is 2.14. The molecule has 30 heavy (non-hydrogen) atoms. The van der Waals surface area contributed by atoms with Crippen molar-refractivity contribution in [3.05, 3.63) is 59.7 Å². The van der Waals surface area contributed by atoms with Gasteiger partial charge in [-0.1, -0.05) is 18.2 Å². The molecule has 1 heterocycles. The molecule has 2 N–H and O–H groups in total. The topological polar surface area (TPSA) is 112 Å². The van der Waals surface area contributed by atoms with Gasteiger partial charge in [-0.05, 0) is 36.4 Å². The third-order valence-electron chi connectivity index (χ3n) is 4.44. The van der Waals surface area contributed by atoms with E-state index < -0.39 is 18.5 Å². The molecule has 2 aromatic rings. The summed E-state index contributed by atoms with van der Waals surface area (Å²) in [4.78, 5) is 25.5. The second kappa shape index (κ2) is 10.1. The normalized spacial score (nSPS) is 14.0. The minimum Gasteiger partial charge on any atom is -0.481 e. The maximum Gasteiger partial charge on any atom is 0.341 e. The molecule has 1 amide bonds. The van der Waals surface area contributed by atoms with Crippen molar-refractivity contribution >= 4 is 29.3 Å². The molecular weight excluding hydrogens is 386 g/mol. The van der Waals surface area contributed by atoms with Crippen LogP contribution < -0.4 is 15.0 Å².